The van der Waals surface area contributed by atoms with Crippen molar-refractivity contribution in [1.29, 1.82) is 0 Å². The highest BCUT2D eigenvalue weighted by Crippen LogP contribution is 2.34. The van der Waals surface area contributed by atoms with Crippen LogP contribution in [0.3, 0.4) is 0 Å². The Morgan fingerprint density at radius 1 is 1.28 bits per heavy atom. The molecule has 0 unspecified atom stereocenters. The van der Waals surface area contributed by atoms with Gasteiger partial charge < -0.3 is 0 Å². The van der Waals surface area contributed by atoms with Gasteiger partial charge in [-0.05, 0) is 36.4 Å². The van der Waals surface area contributed by atoms with E-state index in [1.165, 1.54) is 16.6 Å². The molecule has 0 fully saturated rings. The third-order valence-electron chi connectivity index (χ3n) is 2.19. The molecule has 3 heterocycles. The van der Waals surface area contributed by atoms with E-state index in [2.05, 4.69) is 26.0 Å². The molecule has 4 nitrogen and oxygen atoms in total. The van der Waals surface area contributed by atoms with Gasteiger partial charge in [0.2, 0.25) is 5.28 Å². The summed E-state index contributed by atoms with van der Waals surface area (Å²) in [5.41, 5.74) is 0. The van der Waals surface area contributed by atoms with Crippen molar-refractivity contribution in [2.75, 3.05) is 0 Å². The predicted octanol–water partition coefficient (Wildman–Crippen LogP) is 3.59. The molecule has 3 rings (SSSR count). The second-order valence-corrected chi connectivity index (χ2v) is 6.10. The maximum atomic E-state index is 5.93. The van der Waals surface area contributed by atoms with E-state index in [-0.39, 0.29) is 5.28 Å². The van der Waals surface area contributed by atoms with Crippen molar-refractivity contribution in [3.63, 3.8) is 0 Å². The van der Waals surface area contributed by atoms with Gasteiger partial charge in [-0.3, -0.25) is 4.98 Å². The smallest absolute Gasteiger partial charge is 0.224 e. The van der Waals surface area contributed by atoms with E-state index in [0.717, 1.165) is 20.3 Å². The fourth-order valence-electron chi connectivity index (χ4n) is 1.51. The topological polar surface area (TPSA) is 51.6 Å². The molecule has 0 saturated heterocycles. The van der Waals surface area contributed by atoms with Gasteiger partial charge >= 0.3 is 0 Å². The zero-order valence-corrected chi connectivity index (χ0v) is 11.7. The van der Waals surface area contributed by atoms with Crippen LogP contribution in [0.2, 0.25) is 5.28 Å². The Balaban J connectivity index is 2.10. The van der Waals surface area contributed by atoms with Gasteiger partial charge in [0, 0.05) is 22.7 Å². The van der Waals surface area contributed by atoms with Gasteiger partial charge in [0.25, 0.3) is 0 Å². The monoisotopic (exact) mass is 294 g/mol. The molecule has 0 spiro atoms. The molecule has 18 heavy (non-hydrogen) atoms. The molecule has 0 aliphatic rings. The summed E-state index contributed by atoms with van der Waals surface area (Å²) in [6.45, 7) is 2.04. The van der Waals surface area contributed by atoms with Crippen LogP contribution in [0.4, 0.5) is 0 Å². The zero-order chi connectivity index (χ0) is 12.5. The van der Waals surface area contributed by atoms with Gasteiger partial charge in [0.05, 0.1) is 6.20 Å². The lowest BCUT2D eigenvalue weighted by Crippen LogP contribution is -1.87. The standard InChI is InChI=1S/C11H7ClN4S2/c1-6-4-7-9(17-6)15-11(12)16-10(7)18-8-5-13-2-3-14-8/h2-5H,1H3. The number of aryl methyl sites for hydroxylation is 1. The summed E-state index contributed by atoms with van der Waals surface area (Å²) >= 11 is 8.98. The SMILES string of the molecule is Cc1cc2c(Sc3cnccn3)nc(Cl)nc2s1. The number of fused-ring (bicyclic) bond motifs is 1. The number of nitrogens with zero attached hydrogens (tertiary/aromatic N) is 4. The molecule has 0 N–H and O–H groups in total. The van der Waals surface area contributed by atoms with E-state index in [1.807, 2.05) is 6.92 Å². The average Bonchev–Trinajstić information content (AvgIpc) is 2.71. The summed E-state index contributed by atoms with van der Waals surface area (Å²) < 4.78 is 0. The van der Waals surface area contributed by atoms with Gasteiger partial charge in [-0.15, -0.1) is 11.3 Å². The number of aromatic nitrogens is 4. The van der Waals surface area contributed by atoms with Crippen LogP contribution in [-0.2, 0) is 0 Å². The molecule has 90 valence electrons. The highest BCUT2D eigenvalue weighted by atomic mass is 35.5. The molecule has 3 aromatic heterocycles. The van der Waals surface area contributed by atoms with Crippen LogP contribution in [-0.4, -0.2) is 19.9 Å². The molecule has 0 bridgehead atoms. The molecule has 7 heteroatoms. The fraction of sp³-hybridized carbons (Fsp3) is 0.0909. The van der Waals surface area contributed by atoms with Crippen molar-refractivity contribution in [3.8, 4) is 0 Å². The Morgan fingerprint density at radius 2 is 2.17 bits per heavy atom. The second kappa shape index (κ2) is 4.79. The summed E-state index contributed by atoms with van der Waals surface area (Å²) in [5, 5.41) is 2.88. The molecule has 0 aliphatic carbocycles. The summed E-state index contributed by atoms with van der Waals surface area (Å²) in [7, 11) is 0. The third-order valence-corrected chi connectivity index (χ3v) is 4.23. The first-order valence-corrected chi connectivity index (χ1v) is 7.11. The maximum absolute atomic E-state index is 5.93. The quantitative estimate of drug-likeness (QED) is 0.534. The third kappa shape index (κ3) is 2.31. The van der Waals surface area contributed by atoms with Crippen molar-refractivity contribution >= 4 is 44.9 Å². The Hall–Kier alpha value is -1.24. The van der Waals surface area contributed by atoms with Crippen molar-refractivity contribution in [2.45, 2.75) is 17.0 Å². The number of rotatable bonds is 2. The summed E-state index contributed by atoms with van der Waals surface area (Å²) in [5.74, 6) is 0. The largest absolute Gasteiger partial charge is 0.260 e. The van der Waals surface area contributed by atoms with Gasteiger partial charge in [-0.1, -0.05) is 0 Å². The van der Waals surface area contributed by atoms with E-state index in [4.69, 9.17) is 11.6 Å². The minimum Gasteiger partial charge on any atom is -0.260 e. The first kappa shape index (κ1) is 11.8. The van der Waals surface area contributed by atoms with Crippen LogP contribution in [0.25, 0.3) is 10.2 Å². The van der Waals surface area contributed by atoms with Crippen LogP contribution < -0.4 is 0 Å². The van der Waals surface area contributed by atoms with Crippen LogP contribution >= 0.6 is 34.7 Å². The zero-order valence-electron chi connectivity index (χ0n) is 9.29. The lowest BCUT2D eigenvalue weighted by molar-refractivity contribution is 1.04. The number of hydrogen-bond acceptors (Lipinski definition) is 6. The van der Waals surface area contributed by atoms with Gasteiger partial charge in [0.1, 0.15) is 14.9 Å². The molecule has 0 aliphatic heterocycles. The van der Waals surface area contributed by atoms with E-state index in [0.29, 0.717) is 0 Å². The molecule has 3 aromatic rings. The lowest BCUT2D eigenvalue weighted by Gasteiger charge is -2.01. The Bertz CT molecular complexity index is 699. The van der Waals surface area contributed by atoms with E-state index < -0.39 is 0 Å². The van der Waals surface area contributed by atoms with Crippen molar-refractivity contribution in [3.05, 3.63) is 34.8 Å². The first-order chi connectivity index (χ1) is 8.72. The van der Waals surface area contributed by atoms with E-state index in [1.54, 1.807) is 29.9 Å². The molecule has 0 aromatic carbocycles. The highest BCUT2D eigenvalue weighted by Gasteiger charge is 2.11. The van der Waals surface area contributed by atoms with Crippen LogP contribution in [0, 0.1) is 6.92 Å². The first-order valence-electron chi connectivity index (χ1n) is 5.10. The summed E-state index contributed by atoms with van der Waals surface area (Å²) in [6.07, 6.45) is 4.99. The Morgan fingerprint density at radius 3 is 2.94 bits per heavy atom. The molecular formula is C11H7ClN4S2. The summed E-state index contributed by atoms with van der Waals surface area (Å²) in [6, 6.07) is 2.06. The number of thiophene rings is 1. The van der Waals surface area contributed by atoms with Crippen molar-refractivity contribution in [2.24, 2.45) is 0 Å². The minimum absolute atomic E-state index is 0.260. The molecule has 0 saturated carbocycles. The normalized spacial score (nSPS) is 11.0. The lowest BCUT2D eigenvalue weighted by atomic mass is 10.4. The van der Waals surface area contributed by atoms with E-state index in [9.17, 15) is 0 Å². The minimum atomic E-state index is 0.260. The van der Waals surface area contributed by atoms with Gasteiger partial charge in [-0.2, -0.15) is 0 Å². The molecule has 0 radical (unpaired) electrons. The van der Waals surface area contributed by atoms with Crippen molar-refractivity contribution in [1.82, 2.24) is 19.9 Å². The average molecular weight is 295 g/mol. The summed E-state index contributed by atoms with van der Waals surface area (Å²) in [4.78, 5) is 18.8. The van der Waals surface area contributed by atoms with Crippen LogP contribution in [0.15, 0.2) is 34.7 Å². The van der Waals surface area contributed by atoms with E-state index >= 15 is 0 Å². The maximum Gasteiger partial charge on any atom is 0.224 e. The van der Waals surface area contributed by atoms with Gasteiger partial charge in [0.15, 0.2) is 0 Å². The molecule has 0 amide bonds. The van der Waals surface area contributed by atoms with Crippen LogP contribution in [0.1, 0.15) is 4.88 Å². The highest BCUT2D eigenvalue weighted by molar-refractivity contribution is 7.99. The molecule has 0 atom stereocenters. The van der Waals surface area contributed by atoms with Crippen LogP contribution in [0.5, 0.6) is 0 Å². The molecular weight excluding hydrogens is 288 g/mol. The van der Waals surface area contributed by atoms with Crippen molar-refractivity contribution < 1.29 is 0 Å². The fourth-order valence-corrected chi connectivity index (χ4v) is 3.54. The predicted molar refractivity (Wildman–Crippen MR) is 73.3 cm³/mol. The second-order valence-electron chi connectivity index (χ2n) is 3.52. The Labute approximate surface area is 116 Å². The number of halogens is 1. The van der Waals surface area contributed by atoms with Gasteiger partial charge in [-0.25, -0.2) is 15.0 Å². The number of hydrogen-bond donors (Lipinski definition) is 0. The Kier molecular flexibility index (Phi) is 3.15.